The van der Waals surface area contributed by atoms with E-state index >= 15 is 0 Å². The highest BCUT2D eigenvalue weighted by molar-refractivity contribution is 7.15. The number of aliphatic hydroxyl groups excluding tert-OH is 1. The number of rotatable bonds is 3. The molecule has 2 aliphatic rings. The number of fused-ring (bicyclic) bond motifs is 1. The van der Waals surface area contributed by atoms with Crippen molar-refractivity contribution in [3.05, 3.63) is 22.7 Å². The van der Waals surface area contributed by atoms with E-state index in [2.05, 4.69) is 25.4 Å². The fraction of sp³-hybridized carbons (Fsp3) is 0.625. The number of ether oxygens (including phenoxy) is 1. The quantitative estimate of drug-likeness (QED) is 0.774. The Bertz CT molecular complexity index is 765. The van der Waals surface area contributed by atoms with Gasteiger partial charge in [-0.15, -0.1) is 10.2 Å². The maximum Gasteiger partial charge on any atom is 0.271 e. The zero-order valence-electron chi connectivity index (χ0n) is 14.6. The minimum Gasteiger partial charge on any atom is -0.391 e. The molecule has 0 spiro atoms. The molecule has 0 bridgehead atoms. The second-order valence-electron chi connectivity index (χ2n) is 6.59. The highest BCUT2D eigenvalue weighted by Gasteiger charge is 2.27. The summed E-state index contributed by atoms with van der Waals surface area (Å²) in [5.41, 5.74) is 0.387. The van der Waals surface area contributed by atoms with E-state index in [1.54, 1.807) is 17.5 Å². The topological polar surface area (TPSA) is 105 Å². The molecule has 9 nitrogen and oxygen atoms in total. The molecule has 2 aromatic rings. The minimum atomic E-state index is -0.572. The first-order valence-electron chi connectivity index (χ1n) is 8.78. The molecular formula is C16H22N6O3S. The molecule has 140 valence electrons. The Morgan fingerprint density at radius 1 is 1.38 bits per heavy atom. The Hall–Kier alpha value is -2.04. The third-order valence-corrected chi connectivity index (χ3v) is 5.63. The first-order chi connectivity index (χ1) is 12.6. The van der Waals surface area contributed by atoms with Crippen LogP contribution in [0, 0.1) is 6.92 Å². The number of carbonyl (C=O) groups is 1. The monoisotopic (exact) mass is 378 g/mol. The Labute approximate surface area is 155 Å². The van der Waals surface area contributed by atoms with Gasteiger partial charge in [-0.1, -0.05) is 11.3 Å². The van der Waals surface area contributed by atoms with Crippen molar-refractivity contribution >= 4 is 22.4 Å². The van der Waals surface area contributed by atoms with Gasteiger partial charge in [-0.3, -0.25) is 4.79 Å². The fourth-order valence-corrected chi connectivity index (χ4v) is 3.98. The summed E-state index contributed by atoms with van der Waals surface area (Å²) in [6, 6.07) is -0.381. The van der Waals surface area contributed by atoms with E-state index in [9.17, 15) is 9.90 Å². The molecule has 0 unspecified atom stereocenters. The zero-order chi connectivity index (χ0) is 18.1. The van der Waals surface area contributed by atoms with Crippen molar-refractivity contribution < 1.29 is 14.6 Å². The number of imidazole rings is 1. The molecule has 4 heterocycles. The average Bonchev–Trinajstić information content (AvgIpc) is 3.19. The summed E-state index contributed by atoms with van der Waals surface area (Å²) in [5, 5.41) is 23.0. The molecule has 0 radical (unpaired) electrons. The molecule has 2 N–H and O–H groups in total. The molecule has 2 aliphatic heterocycles. The van der Waals surface area contributed by atoms with Crippen molar-refractivity contribution in [3.8, 4) is 0 Å². The van der Waals surface area contributed by atoms with E-state index in [4.69, 9.17) is 4.74 Å². The molecule has 26 heavy (non-hydrogen) atoms. The van der Waals surface area contributed by atoms with Crippen LogP contribution in [-0.4, -0.2) is 69.2 Å². The summed E-state index contributed by atoms with van der Waals surface area (Å²) >= 11 is 1.59. The number of aromatic nitrogens is 4. The van der Waals surface area contributed by atoms with Gasteiger partial charge in [0.15, 0.2) is 0 Å². The Morgan fingerprint density at radius 3 is 3.04 bits per heavy atom. The van der Waals surface area contributed by atoms with Crippen molar-refractivity contribution in [3.63, 3.8) is 0 Å². The molecule has 4 rings (SSSR count). The van der Waals surface area contributed by atoms with Crippen LogP contribution in [0.3, 0.4) is 0 Å². The Morgan fingerprint density at radius 2 is 2.27 bits per heavy atom. The zero-order valence-corrected chi connectivity index (χ0v) is 15.4. The SMILES string of the molecule is Cc1nnc(N2CCc3nc(C(=O)N[C@@H]4COCC[C@@H]4O)cn3CC2)s1. The molecule has 10 heteroatoms. The molecule has 0 aromatic carbocycles. The second-order valence-corrected chi connectivity index (χ2v) is 7.75. The molecule has 1 fully saturated rings. The minimum absolute atomic E-state index is 0.267. The Kier molecular flexibility index (Phi) is 4.88. The van der Waals surface area contributed by atoms with E-state index in [1.807, 2.05) is 11.5 Å². The summed E-state index contributed by atoms with van der Waals surface area (Å²) in [5.74, 6) is 0.621. The normalized spacial score (nSPS) is 23.4. The third kappa shape index (κ3) is 3.57. The molecule has 1 saturated heterocycles. The van der Waals surface area contributed by atoms with Gasteiger partial charge in [0.1, 0.15) is 16.5 Å². The summed E-state index contributed by atoms with van der Waals surface area (Å²) in [6.07, 6.45) is 2.49. The predicted octanol–water partition coefficient (Wildman–Crippen LogP) is -0.0147. The van der Waals surface area contributed by atoms with Gasteiger partial charge in [-0.2, -0.15) is 0 Å². The summed E-state index contributed by atoms with van der Waals surface area (Å²) in [7, 11) is 0. The van der Waals surface area contributed by atoms with E-state index in [1.165, 1.54) is 0 Å². The van der Waals surface area contributed by atoms with Crippen LogP contribution in [0.25, 0.3) is 0 Å². The number of amides is 1. The van der Waals surface area contributed by atoms with Crippen LogP contribution in [0.5, 0.6) is 0 Å². The molecule has 2 aromatic heterocycles. The average molecular weight is 378 g/mol. The molecule has 0 aliphatic carbocycles. The number of hydrogen-bond donors (Lipinski definition) is 2. The van der Waals surface area contributed by atoms with E-state index in [0.717, 1.165) is 42.0 Å². The van der Waals surface area contributed by atoms with Crippen LogP contribution in [0.1, 0.15) is 27.7 Å². The number of hydrogen-bond acceptors (Lipinski definition) is 8. The molecular weight excluding hydrogens is 356 g/mol. The van der Waals surface area contributed by atoms with Gasteiger partial charge in [0, 0.05) is 38.9 Å². The van der Waals surface area contributed by atoms with Crippen molar-refractivity contribution in [1.82, 2.24) is 25.1 Å². The van der Waals surface area contributed by atoms with Gasteiger partial charge in [-0.25, -0.2) is 4.98 Å². The lowest BCUT2D eigenvalue weighted by molar-refractivity contribution is -0.0140. The highest BCUT2D eigenvalue weighted by Crippen LogP contribution is 2.22. The maximum absolute atomic E-state index is 12.5. The molecule has 0 saturated carbocycles. The van der Waals surface area contributed by atoms with Gasteiger partial charge in [-0.05, 0) is 13.3 Å². The van der Waals surface area contributed by atoms with Gasteiger partial charge >= 0.3 is 0 Å². The summed E-state index contributed by atoms with van der Waals surface area (Å²) in [4.78, 5) is 19.2. The van der Waals surface area contributed by atoms with E-state index in [-0.39, 0.29) is 11.9 Å². The van der Waals surface area contributed by atoms with Crippen LogP contribution >= 0.6 is 11.3 Å². The highest BCUT2D eigenvalue weighted by atomic mass is 32.1. The lowest BCUT2D eigenvalue weighted by atomic mass is 10.1. The van der Waals surface area contributed by atoms with Crippen LogP contribution in [0.4, 0.5) is 5.13 Å². The van der Waals surface area contributed by atoms with Gasteiger partial charge in [0.25, 0.3) is 5.91 Å². The number of nitrogens with zero attached hydrogens (tertiary/aromatic N) is 5. The van der Waals surface area contributed by atoms with E-state index in [0.29, 0.717) is 25.3 Å². The lowest BCUT2D eigenvalue weighted by Crippen LogP contribution is -2.49. The number of nitrogens with one attached hydrogen (secondary N) is 1. The number of anilines is 1. The summed E-state index contributed by atoms with van der Waals surface area (Å²) in [6.45, 7) is 5.14. The van der Waals surface area contributed by atoms with Crippen molar-refractivity contribution in [1.29, 1.82) is 0 Å². The van der Waals surface area contributed by atoms with Crippen LogP contribution in [0.15, 0.2) is 6.20 Å². The molecule has 2 atom stereocenters. The first-order valence-corrected chi connectivity index (χ1v) is 9.59. The van der Waals surface area contributed by atoms with Crippen LogP contribution < -0.4 is 10.2 Å². The van der Waals surface area contributed by atoms with Crippen molar-refractivity contribution in [2.45, 2.75) is 38.5 Å². The van der Waals surface area contributed by atoms with Crippen LogP contribution in [0.2, 0.25) is 0 Å². The fourth-order valence-electron chi connectivity index (χ4n) is 3.24. The predicted molar refractivity (Wildman–Crippen MR) is 95.5 cm³/mol. The standard InChI is InChI=1S/C16H22N6O3S/c1-10-19-20-16(26-10)21-4-2-14-17-11(8-22(14)6-5-21)15(24)18-12-9-25-7-3-13(12)23/h8,12-13,23H,2-7,9H2,1H3,(H,18,24)/t12-,13+/m1/s1. The number of aliphatic hydroxyl groups is 1. The number of carbonyl (C=O) groups excluding carboxylic acids is 1. The van der Waals surface area contributed by atoms with Crippen molar-refractivity contribution in [2.75, 3.05) is 31.2 Å². The smallest absolute Gasteiger partial charge is 0.271 e. The first kappa shape index (κ1) is 17.4. The van der Waals surface area contributed by atoms with Crippen molar-refractivity contribution in [2.24, 2.45) is 0 Å². The van der Waals surface area contributed by atoms with E-state index < -0.39 is 6.10 Å². The van der Waals surface area contributed by atoms with Gasteiger partial charge < -0.3 is 24.6 Å². The van der Waals surface area contributed by atoms with Gasteiger partial charge in [0.05, 0.1) is 18.8 Å². The number of aryl methyl sites for hydroxylation is 1. The third-order valence-electron chi connectivity index (χ3n) is 4.73. The van der Waals surface area contributed by atoms with Gasteiger partial charge in [0.2, 0.25) is 5.13 Å². The van der Waals surface area contributed by atoms with Crippen LogP contribution in [-0.2, 0) is 17.7 Å². The second kappa shape index (κ2) is 7.29. The maximum atomic E-state index is 12.5. The summed E-state index contributed by atoms with van der Waals surface area (Å²) < 4.78 is 7.35. The molecule has 1 amide bonds. The largest absolute Gasteiger partial charge is 0.391 e. The lowest BCUT2D eigenvalue weighted by Gasteiger charge is -2.28. The Balaban J connectivity index is 1.41.